The van der Waals surface area contributed by atoms with Gasteiger partial charge in [-0.25, -0.2) is 14.8 Å². The first-order valence-corrected chi connectivity index (χ1v) is 12.3. The van der Waals surface area contributed by atoms with Gasteiger partial charge in [-0.15, -0.1) is 0 Å². The summed E-state index contributed by atoms with van der Waals surface area (Å²) in [4.78, 5) is 57.0. The Kier molecular flexibility index (Phi) is 6.64. The molecule has 6 rings (SSSR count). The number of nitrogens with one attached hydrogen (secondary N) is 2. The molecule has 0 amide bonds. The number of aromatic nitrogens is 8. The summed E-state index contributed by atoms with van der Waals surface area (Å²) in [6.45, 7) is -0.666. The fourth-order valence-corrected chi connectivity index (χ4v) is 4.92. The number of imidazole rings is 2. The van der Waals surface area contributed by atoms with Gasteiger partial charge in [0.1, 0.15) is 43.2 Å². The van der Waals surface area contributed by atoms with Gasteiger partial charge in [0, 0.05) is 0 Å². The smallest absolute Gasteiger partial charge is 0.337 e. The molecule has 0 bridgehead atoms. The number of hydrogen-bond donors (Lipinski definition) is 9. The van der Waals surface area contributed by atoms with Crippen molar-refractivity contribution in [2.45, 2.75) is 55.2 Å². The summed E-state index contributed by atoms with van der Waals surface area (Å²) in [5.41, 5.74) is 9.50. The van der Waals surface area contributed by atoms with E-state index in [1.807, 2.05) is 0 Å². The number of fused-ring (bicyclic) bond motifs is 2. The molecule has 0 aromatic carbocycles. The van der Waals surface area contributed by atoms with Crippen LogP contribution in [0.15, 0.2) is 22.2 Å². The lowest BCUT2D eigenvalue weighted by molar-refractivity contribution is -0.172. The molecule has 0 saturated carbocycles. The standard InChI is InChI=1S/C21H24N10O11/c22-20-26-13-5(15(37)28-20)24-2-30(13)17-9(34)7(32)4(41-17)1-40-19(39)11(36)12-8(33)10(35)18(42-12)31-3-25-6-14(31)27-21(23)29-16(6)38/h2-4,7-12,17-18,32-36H,1H2,(H3,22,26,28,37)(H3,23,27,29,38)/t4-,7?,8?,9?,10?,11?,12+,17-,18-/m1/s1. The molecule has 0 spiro atoms. The third-order valence-corrected chi connectivity index (χ3v) is 7.00. The second kappa shape index (κ2) is 10.1. The van der Waals surface area contributed by atoms with E-state index in [0.717, 1.165) is 17.2 Å². The number of carbonyl (C=O) groups is 1. The summed E-state index contributed by atoms with van der Waals surface area (Å²) in [5.74, 6) is -1.79. The Bertz CT molecular complexity index is 1780. The van der Waals surface area contributed by atoms with Crippen molar-refractivity contribution in [2.24, 2.45) is 0 Å². The molecule has 224 valence electrons. The Labute approximate surface area is 230 Å². The van der Waals surface area contributed by atoms with Crippen LogP contribution in [0.5, 0.6) is 0 Å². The van der Waals surface area contributed by atoms with Crippen LogP contribution in [0.2, 0.25) is 0 Å². The van der Waals surface area contributed by atoms with Gasteiger partial charge in [-0.1, -0.05) is 0 Å². The van der Waals surface area contributed by atoms with Crippen molar-refractivity contribution in [3.8, 4) is 0 Å². The third kappa shape index (κ3) is 4.35. The fraction of sp³-hybridized carbons (Fsp3) is 0.476. The maximum absolute atomic E-state index is 12.7. The summed E-state index contributed by atoms with van der Waals surface area (Å²) in [6, 6.07) is 0. The van der Waals surface area contributed by atoms with E-state index in [4.69, 9.17) is 25.7 Å². The zero-order chi connectivity index (χ0) is 30.0. The number of nitrogen functional groups attached to an aromatic ring is 2. The zero-order valence-electron chi connectivity index (χ0n) is 21.1. The number of H-pyrrole nitrogens is 2. The van der Waals surface area contributed by atoms with Crippen LogP contribution < -0.4 is 22.6 Å². The quantitative estimate of drug-likeness (QED) is 0.0943. The van der Waals surface area contributed by atoms with E-state index in [-0.39, 0.29) is 34.2 Å². The average Bonchev–Trinajstić information content (AvgIpc) is 3.69. The number of aromatic amines is 2. The van der Waals surface area contributed by atoms with Gasteiger partial charge in [0.25, 0.3) is 11.1 Å². The van der Waals surface area contributed by atoms with Gasteiger partial charge in [0.2, 0.25) is 11.9 Å². The van der Waals surface area contributed by atoms with Crippen LogP contribution in [0.25, 0.3) is 22.3 Å². The van der Waals surface area contributed by atoms with Crippen LogP contribution in [-0.2, 0) is 19.0 Å². The zero-order valence-corrected chi connectivity index (χ0v) is 21.1. The van der Waals surface area contributed by atoms with Crippen LogP contribution in [-0.4, -0.2) is 120 Å². The fourth-order valence-electron chi connectivity index (χ4n) is 4.92. The van der Waals surface area contributed by atoms with Crippen molar-refractivity contribution in [1.82, 2.24) is 39.0 Å². The van der Waals surface area contributed by atoms with Crippen molar-refractivity contribution in [3.05, 3.63) is 33.4 Å². The SMILES string of the molecule is Nc1nc2c(ncn2[C@@H]2O[C@H](C(O)C(=O)OC[C@H]3O[C@@H](n4cnc5c(=O)[nH]c(N)nc54)C(O)C3O)C(O)C2O)c(=O)[nH]1. The highest BCUT2D eigenvalue weighted by Gasteiger charge is 2.50. The van der Waals surface area contributed by atoms with Gasteiger partial charge in [-0.2, -0.15) is 9.97 Å². The van der Waals surface area contributed by atoms with E-state index in [1.54, 1.807) is 0 Å². The number of anilines is 2. The van der Waals surface area contributed by atoms with Crippen molar-refractivity contribution in [3.63, 3.8) is 0 Å². The molecule has 11 N–H and O–H groups in total. The number of carbonyl (C=O) groups excluding carboxylic acids is 1. The van der Waals surface area contributed by atoms with E-state index in [9.17, 15) is 39.9 Å². The van der Waals surface area contributed by atoms with E-state index in [1.165, 1.54) is 4.57 Å². The number of rotatable bonds is 6. The molecule has 2 aliphatic rings. The first kappa shape index (κ1) is 27.6. The predicted octanol–water partition coefficient (Wildman–Crippen LogP) is -5.44. The normalized spacial score (nSPS) is 30.3. The van der Waals surface area contributed by atoms with Crippen LogP contribution >= 0.6 is 0 Å². The number of aliphatic hydroxyl groups is 5. The molecule has 6 heterocycles. The molecule has 0 radical (unpaired) electrons. The average molecular weight is 592 g/mol. The number of nitrogens with zero attached hydrogens (tertiary/aromatic N) is 6. The first-order valence-electron chi connectivity index (χ1n) is 12.3. The Balaban J connectivity index is 1.13. The van der Waals surface area contributed by atoms with Gasteiger partial charge in [-0.3, -0.25) is 28.7 Å². The van der Waals surface area contributed by atoms with Crippen molar-refractivity contribution >= 4 is 40.2 Å². The Hall–Kier alpha value is -4.51. The van der Waals surface area contributed by atoms with Crippen LogP contribution in [0.3, 0.4) is 0 Å². The lowest BCUT2D eigenvalue weighted by atomic mass is 10.1. The summed E-state index contributed by atoms with van der Waals surface area (Å²) >= 11 is 0. The van der Waals surface area contributed by atoms with Crippen LogP contribution in [0, 0.1) is 0 Å². The number of esters is 1. The molecule has 21 heteroatoms. The molecule has 42 heavy (non-hydrogen) atoms. The topological polar surface area (TPSA) is 325 Å². The maximum Gasteiger partial charge on any atom is 0.337 e. The summed E-state index contributed by atoms with van der Waals surface area (Å²) < 4.78 is 18.5. The van der Waals surface area contributed by atoms with E-state index in [2.05, 4.69) is 29.9 Å². The highest BCUT2D eigenvalue weighted by molar-refractivity contribution is 5.75. The minimum absolute atomic E-state index is 0.0331. The molecule has 9 atom stereocenters. The van der Waals surface area contributed by atoms with E-state index < -0.39 is 78.9 Å². The van der Waals surface area contributed by atoms with E-state index in [0.29, 0.717) is 0 Å². The summed E-state index contributed by atoms with van der Waals surface area (Å²) in [7, 11) is 0. The lowest BCUT2D eigenvalue weighted by Crippen LogP contribution is -2.44. The van der Waals surface area contributed by atoms with Gasteiger partial charge >= 0.3 is 5.97 Å². The highest BCUT2D eigenvalue weighted by atomic mass is 16.6. The maximum atomic E-state index is 12.7. The number of hydrogen-bond acceptors (Lipinski definition) is 17. The molecule has 0 aliphatic carbocycles. The Morgan fingerprint density at radius 3 is 1.93 bits per heavy atom. The second-order valence-electron chi connectivity index (χ2n) is 9.64. The van der Waals surface area contributed by atoms with Gasteiger partial charge in [-0.05, 0) is 0 Å². The third-order valence-electron chi connectivity index (χ3n) is 7.00. The summed E-state index contributed by atoms with van der Waals surface area (Å²) in [6.07, 6.45) is -12.3. The largest absolute Gasteiger partial charge is 0.461 e. The Morgan fingerprint density at radius 2 is 1.38 bits per heavy atom. The van der Waals surface area contributed by atoms with E-state index >= 15 is 0 Å². The molecular weight excluding hydrogens is 568 g/mol. The monoisotopic (exact) mass is 592 g/mol. The van der Waals surface area contributed by atoms with Crippen LogP contribution in [0.4, 0.5) is 11.9 Å². The highest BCUT2D eigenvalue weighted by Crippen LogP contribution is 2.34. The number of ether oxygens (including phenoxy) is 3. The molecule has 4 aromatic rings. The molecule has 2 saturated heterocycles. The predicted molar refractivity (Wildman–Crippen MR) is 134 cm³/mol. The number of aliphatic hydroxyl groups excluding tert-OH is 5. The molecule has 5 unspecified atom stereocenters. The minimum Gasteiger partial charge on any atom is -0.461 e. The van der Waals surface area contributed by atoms with Crippen LogP contribution in [0.1, 0.15) is 12.5 Å². The second-order valence-corrected chi connectivity index (χ2v) is 9.64. The van der Waals surface area contributed by atoms with Gasteiger partial charge < -0.3 is 51.2 Å². The lowest BCUT2D eigenvalue weighted by Gasteiger charge is -2.21. The van der Waals surface area contributed by atoms with Crippen molar-refractivity contribution < 1.29 is 44.5 Å². The van der Waals surface area contributed by atoms with Crippen molar-refractivity contribution in [2.75, 3.05) is 18.1 Å². The molecular formula is C21H24N10O11. The molecule has 21 nitrogen and oxygen atoms in total. The van der Waals surface area contributed by atoms with Gasteiger partial charge in [0.05, 0.1) is 12.7 Å². The molecule has 2 aliphatic heterocycles. The number of nitrogens with two attached hydrogens (primary N) is 2. The summed E-state index contributed by atoms with van der Waals surface area (Å²) in [5, 5.41) is 52.7. The minimum atomic E-state index is -2.13. The first-order chi connectivity index (χ1) is 20.0. The molecule has 2 fully saturated rings. The van der Waals surface area contributed by atoms with Crippen molar-refractivity contribution in [1.29, 1.82) is 0 Å². The van der Waals surface area contributed by atoms with Gasteiger partial charge in [0.15, 0.2) is 40.9 Å². The molecule has 4 aromatic heterocycles. The Morgan fingerprint density at radius 1 is 0.881 bits per heavy atom.